The molecule has 0 bridgehead atoms. The van der Waals surface area contributed by atoms with Gasteiger partial charge in [-0.05, 0) is 42.7 Å². The Morgan fingerprint density at radius 3 is 2.61 bits per heavy atom. The smallest absolute Gasteiger partial charge is 0.387 e. The van der Waals surface area contributed by atoms with Gasteiger partial charge in [0.2, 0.25) is 5.91 Å². The Morgan fingerprint density at radius 1 is 1.23 bits per heavy atom. The maximum atomic E-state index is 12.9. The Hall–Kier alpha value is -2.94. The molecule has 31 heavy (non-hydrogen) atoms. The number of hydrogen-bond donors (Lipinski definition) is 0. The number of fused-ring (bicyclic) bond motifs is 1. The summed E-state index contributed by atoms with van der Waals surface area (Å²) in [6.45, 7) is -2.54. The number of rotatable bonds is 8. The van der Waals surface area contributed by atoms with Crippen molar-refractivity contribution < 1.29 is 18.3 Å². The van der Waals surface area contributed by atoms with Crippen LogP contribution in [0.25, 0.3) is 10.9 Å². The molecule has 6 nitrogen and oxygen atoms in total. The molecule has 1 aromatic heterocycles. The molecule has 1 saturated carbocycles. The van der Waals surface area contributed by atoms with E-state index >= 15 is 0 Å². The summed E-state index contributed by atoms with van der Waals surface area (Å²) in [5.41, 5.74) is 1.35. The van der Waals surface area contributed by atoms with Gasteiger partial charge in [0.25, 0.3) is 5.56 Å². The van der Waals surface area contributed by atoms with Crippen LogP contribution >= 0.6 is 11.8 Å². The Labute approximate surface area is 181 Å². The molecule has 0 N–H and O–H groups in total. The summed E-state index contributed by atoms with van der Waals surface area (Å²) < 4.78 is 30.5. The van der Waals surface area contributed by atoms with Gasteiger partial charge in [-0.2, -0.15) is 8.78 Å². The number of benzene rings is 2. The topological polar surface area (TPSA) is 64.4 Å². The van der Waals surface area contributed by atoms with Gasteiger partial charge >= 0.3 is 6.61 Å². The highest BCUT2D eigenvalue weighted by Gasteiger charge is 2.29. The van der Waals surface area contributed by atoms with Crippen molar-refractivity contribution in [2.24, 2.45) is 0 Å². The van der Waals surface area contributed by atoms with Gasteiger partial charge in [-0.1, -0.05) is 36.0 Å². The maximum absolute atomic E-state index is 12.9. The Morgan fingerprint density at radius 2 is 1.94 bits per heavy atom. The molecule has 2 aromatic carbocycles. The number of halogens is 2. The van der Waals surface area contributed by atoms with Gasteiger partial charge in [0.1, 0.15) is 5.75 Å². The molecule has 0 aliphatic heterocycles. The monoisotopic (exact) mass is 445 g/mol. The SMILES string of the molecule is CN(Cc1ccc(OC(F)F)cc1)C(=O)CSc1nc2ccccc2c(=O)n1C1CC1. The number of nitrogens with zero attached hydrogens (tertiary/aromatic N) is 3. The van der Waals surface area contributed by atoms with Crippen LogP contribution in [0.5, 0.6) is 5.75 Å². The molecule has 0 spiro atoms. The number of amides is 1. The number of thioether (sulfide) groups is 1. The van der Waals surface area contributed by atoms with Crippen LogP contribution in [0.2, 0.25) is 0 Å². The van der Waals surface area contributed by atoms with Crippen LogP contribution in [-0.2, 0) is 11.3 Å². The van der Waals surface area contributed by atoms with Gasteiger partial charge in [0.15, 0.2) is 5.16 Å². The highest BCUT2D eigenvalue weighted by Crippen LogP contribution is 2.36. The fraction of sp³-hybridized carbons (Fsp3) is 0.318. The van der Waals surface area contributed by atoms with E-state index in [-0.39, 0.29) is 29.0 Å². The van der Waals surface area contributed by atoms with E-state index in [4.69, 9.17) is 0 Å². The fourth-order valence-corrected chi connectivity index (χ4v) is 4.26. The molecule has 9 heteroatoms. The molecule has 0 radical (unpaired) electrons. The third-order valence-electron chi connectivity index (χ3n) is 5.01. The van der Waals surface area contributed by atoms with E-state index in [1.165, 1.54) is 23.9 Å². The van der Waals surface area contributed by atoms with E-state index in [1.54, 1.807) is 40.8 Å². The second-order valence-corrected chi connectivity index (χ2v) is 8.32. The standard InChI is InChI=1S/C22H21F2N3O3S/c1-26(12-14-6-10-16(11-7-14)30-21(23)24)19(28)13-31-22-25-18-5-3-2-4-17(18)20(29)27(22)15-8-9-15/h2-7,10-11,15,21H,8-9,12-13H2,1H3. The molecular weight excluding hydrogens is 424 g/mol. The minimum atomic E-state index is -2.87. The Balaban J connectivity index is 1.43. The van der Waals surface area contributed by atoms with Gasteiger partial charge in [0.05, 0.1) is 16.7 Å². The fourth-order valence-electron chi connectivity index (χ4n) is 3.26. The molecule has 1 amide bonds. The third-order valence-corrected chi connectivity index (χ3v) is 5.94. The predicted octanol–water partition coefficient (Wildman–Crippen LogP) is 4.08. The Bertz CT molecular complexity index is 1150. The molecule has 1 aliphatic carbocycles. The lowest BCUT2D eigenvalue weighted by Gasteiger charge is -2.18. The molecule has 4 rings (SSSR count). The van der Waals surface area contributed by atoms with E-state index in [0.29, 0.717) is 22.6 Å². The predicted molar refractivity (Wildman–Crippen MR) is 115 cm³/mol. The number of alkyl halides is 2. The van der Waals surface area contributed by atoms with Gasteiger partial charge in [0, 0.05) is 19.6 Å². The minimum Gasteiger partial charge on any atom is -0.435 e. The second-order valence-electron chi connectivity index (χ2n) is 7.38. The molecule has 1 aliphatic rings. The molecule has 0 saturated heterocycles. The van der Waals surface area contributed by atoms with E-state index < -0.39 is 6.61 Å². The van der Waals surface area contributed by atoms with Crippen molar-refractivity contribution in [3.8, 4) is 5.75 Å². The quantitative estimate of drug-likeness (QED) is 0.386. The summed E-state index contributed by atoms with van der Waals surface area (Å²) in [6.07, 6.45) is 1.87. The molecule has 3 aromatic rings. The van der Waals surface area contributed by atoms with Gasteiger partial charge in [-0.25, -0.2) is 4.98 Å². The van der Waals surface area contributed by atoms with Crippen LogP contribution < -0.4 is 10.3 Å². The number of aromatic nitrogens is 2. The molecule has 1 heterocycles. The number of carbonyl (C=O) groups excluding carboxylic acids is 1. The van der Waals surface area contributed by atoms with Crippen LogP contribution in [0.1, 0.15) is 24.4 Å². The van der Waals surface area contributed by atoms with Crippen molar-refractivity contribution in [3.63, 3.8) is 0 Å². The molecular formula is C22H21F2N3O3S. The third kappa shape index (κ3) is 5.04. The summed E-state index contributed by atoms with van der Waals surface area (Å²) >= 11 is 1.26. The van der Waals surface area contributed by atoms with E-state index in [2.05, 4.69) is 9.72 Å². The van der Waals surface area contributed by atoms with Crippen molar-refractivity contribution >= 4 is 28.6 Å². The number of para-hydroxylation sites is 1. The van der Waals surface area contributed by atoms with Crippen LogP contribution in [0.3, 0.4) is 0 Å². The second kappa shape index (κ2) is 9.05. The van der Waals surface area contributed by atoms with Crippen LogP contribution in [-0.4, -0.2) is 39.8 Å². The van der Waals surface area contributed by atoms with Crippen molar-refractivity contribution in [1.82, 2.24) is 14.5 Å². The number of hydrogen-bond acceptors (Lipinski definition) is 5. The summed E-state index contributed by atoms with van der Waals surface area (Å²) in [7, 11) is 1.67. The van der Waals surface area contributed by atoms with E-state index in [1.807, 2.05) is 12.1 Å². The van der Waals surface area contributed by atoms with Crippen molar-refractivity contribution in [2.75, 3.05) is 12.8 Å². The zero-order valence-corrected chi connectivity index (χ0v) is 17.6. The molecule has 162 valence electrons. The Kier molecular flexibility index (Phi) is 6.22. The lowest BCUT2D eigenvalue weighted by molar-refractivity contribution is -0.127. The van der Waals surface area contributed by atoms with Gasteiger partial charge < -0.3 is 9.64 Å². The first kappa shape index (κ1) is 21.3. The summed E-state index contributed by atoms with van der Waals surface area (Å²) in [4.78, 5) is 31.7. The zero-order chi connectivity index (χ0) is 22.0. The van der Waals surface area contributed by atoms with Gasteiger partial charge in [-0.15, -0.1) is 0 Å². The zero-order valence-electron chi connectivity index (χ0n) is 16.8. The summed E-state index contributed by atoms with van der Waals surface area (Å²) in [5, 5.41) is 1.14. The van der Waals surface area contributed by atoms with Crippen molar-refractivity contribution in [1.29, 1.82) is 0 Å². The first-order valence-corrected chi connectivity index (χ1v) is 10.8. The maximum Gasteiger partial charge on any atom is 0.387 e. The van der Waals surface area contributed by atoms with Crippen molar-refractivity contribution in [3.05, 3.63) is 64.4 Å². The summed E-state index contributed by atoms with van der Waals surface area (Å²) in [6, 6.07) is 13.6. The molecule has 1 fully saturated rings. The highest BCUT2D eigenvalue weighted by atomic mass is 32.2. The summed E-state index contributed by atoms with van der Waals surface area (Å²) in [5.74, 6) is 0.0898. The lowest BCUT2D eigenvalue weighted by Crippen LogP contribution is -2.28. The van der Waals surface area contributed by atoms with Crippen LogP contribution in [0.15, 0.2) is 58.5 Å². The van der Waals surface area contributed by atoms with Crippen molar-refractivity contribution in [2.45, 2.75) is 37.2 Å². The van der Waals surface area contributed by atoms with Crippen LogP contribution in [0.4, 0.5) is 8.78 Å². The number of carbonyl (C=O) groups is 1. The molecule has 0 atom stereocenters. The van der Waals surface area contributed by atoms with Gasteiger partial charge in [-0.3, -0.25) is 14.2 Å². The molecule has 0 unspecified atom stereocenters. The lowest BCUT2D eigenvalue weighted by atomic mass is 10.2. The van der Waals surface area contributed by atoms with E-state index in [0.717, 1.165) is 18.4 Å². The minimum absolute atomic E-state index is 0.0671. The first-order valence-electron chi connectivity index (χ1n) is 9.84. The largest absolute Gasteiger partial charge is 0.435 e. The average Bonchev–Trinajstić information content (AvgIpc) is 3.58. The average molecular weight is 445 g/mol. The number of ether oxygens (including phenoxy) is 1. The highest BCUT2D eigenvalue weighted by molar-refractivity contribution is 7.99. The normalized spacial score (nSPS) is 13.5. The van der Waals surface area contributed by atoms with E-state index in [9.17, 15) is 18.4 Å². The van der Waals surface area contributed by atoms with Crippen LogP contribution in [0, 0.1) is 0 Å². The first-order chi connectivity index (χ1) is 14.9.